The minimum Gasteiger partial charge on any atom is -0.391 e. The molecule has 5 heteroatoms. The molecule has 0 amide bonds. The molecule has 0 aromatic carbocycles. The molecule has 2 atom stereocenters. The normalized spacial score (nSPS) is 27.4. The van der Waals surface area contributed by atoms with E-state index in [9.17, 15) is 5.11 Å². The number of β-amino-alcohol motifs (C(OH)–C–C–N with tert-alkyl or cyclic N) is 1. The average molecular weight is 310 g/mol. The first-order valence-electron chi connectivity index (χ1n) is 9.20. The molecular formula is C17H34N4O. The fraction of sp³-hybridized carbons (Fsp3) is 0.941. The maximum absolute atomic E-state index is 9.74. The molecule has 2 saturated heterocycles. The van der Waals surface area contributed by atoms with Crippen LogP contribution in [-0.4, -0.2) is 72.3 Å². The van der Waals surface area contributed by atoms with Gasteiger partial charge in [-0.3, -0.25) is 9.89 Å². The summed E-state index contributed by atoms with van der Waals surface area (Å²) in [7, 11) is 0. The number of aliphatic imine (C=N–C) groups is 1. The summed E-state index contributed by atoms with van der Waals surface area (Å²) in [5, 5.41) is 13.1. The van der Waals surface area contributed by atoms with Gasteiger partial charge in [-0.1, -0.05) is 19.8 Å². The summed E-state index contributed by atoms with van der Waals surface area (Å²) in [6, 6.07) is 0.599. The second-order valence-corrected chi connectivity index (χ2v) is 6.62. The van der Waals surface area contributed by atoms with E-state index in [0.29, 0.717) is 6.04 Å². The van der Waals surface area contributed by atoms with Gasteiger partial charge in [-0.25, -0.2) is 0 Å². The Morgan fingerprint density at radius 1 is 1.23 bits per heavy atom. The third-order valence-electron chi connectivity index (χ3n) is 4.80. The van der Waals surface area contributed by atoms with Crippen molar-refractivity contribution >= 4 is 5.96 Å². The first kappa shape index (κ1) is 17.5. The summed E-state index contributed by atoms with van der Waals surface area (Å²) in [6.07, 6.45) is 7.16. The van der Waals surface area contributed by atoms with E-state index in [4.69, 9.17) is 4.99 Å². The van der Waals surface area contributed by atoms with E-state index >= 15 is 0 Å². The van der Waals surface area contributed by atoms with Crippen molar-refractivity contribution in [3.63, 3.8) is 0 Å². The summed E-state index contributed by atoms with van der Waals surface area (Å²) < 4.78 is 0. The number of nitrogens with zero attached hydrogens (tertiary/aromatic N) is 3. The van der Waals surface area contributed by atoms with Crippen molar-refractivity contribution in [3.8, 4) is 0 Å². The van der Waals surface area contributed by atoms with Gasteiger partial charge in [0.15, 0.2) is 5.96 Å². The molecule has 2 N–H and O–H groups in total. The van der Waals surface area contributed by atoms with Crippen LogP contribution in [-0.2, 0) is 0 Å². The topological polar surface area (TPSA) is 51.1 Å². The van der Waals surface area contributed by atoms with Crippen molar-refractivity contribution in [2.75, 3.05) is 39.3 Å². The standard InChI is InChI=1S/C17H34N4O/c1-3-5-10-20-11-7-6-8-15(20)13-19-17(18-4-2)21-12-9-16(22)14-21/h15-16,22H,3-14H2,1-2H3,(H,18,19)/t15?,16-/m1/s1. The molecule has 0 saturated carbocycles. The predicted octanol–water partition coefficient (Wildman–Crippen LogP) is 1.67. The predicted molar refractivity (Wildman–Crippen MR) is 92.3 cm³/mol. The van der Waals surface area contributed by atoms with Gasteiger partial charge >= 0.3 is 0 Å². The van der Waals surface area contributed by atoms with Crippen molar-refractivity contribution in [1.82, 2.24) is 15.1 Å². The number of aliphatic hydroxyl groups is 1. The summed E-state index contributed by atoms with van der Waals surface area (Å²) in [5.41, 5.74) is 0. The Labute approximate surface area is 135 Å². The summed E-state index contributed by atoms with van der Waals surface area (Å²) in [5.74, 6) is 0.986. The minimum absolute atomic E-state index is 0.195. The number of likely N-dealkylation sites (tertiary alicyclic amines) is 2. The molecule has 2 aliphatic heterocycles. The lowest BCUT2D eigenvalue weighted by atomic mass is 10.0. The van der Waals surface area contributed by atoms with Gasteiger partial charge in [-0.2, -0.15) is 0 Å². The van der Waals surface area contributed by atoms with Gasteiger partial charge in [0.1, 0.15) is 0 Å². The van der Waals surface area contributed by atoms with E-state index in [2.05, 4.69) is 29.0 Å². The maximum Gasteiger partial charge on any atom is 0.194 e. The van der Waals surface area contributed by atoms with Gasteiger partial charge in [-0.15, -0.1) is 0 Å². The Hall–Kier alpha value is -0.810. The average Bonchev–Trinajstić information content (AvgIpc) is 2.96. The van der Waals surface area contributed by atoms with Crippen LogP contribution >= 0.6 is 0 Å². The SMILES string of the molecule is CCCCN1CCCCC1CN=C(NCC)N1CC[C@@H](O)C1. The highest BCUT2D eigenvalue weighted by atomic mass is 16.3. The van der Waals surface area contributed by atoms with Gasteiger partial charge in [0, 0.05) is 25.7 Å². The van der Waals surface area contributed by atoms with Gasteiger partial charge in [0.05, 0.1) is 12.6 Å². The van der Waals surface area contributed by atoms with Crippen LogP contribution in [0.25, 0.3) is 0 Å². The molecule has 2 heterocycles. The van der Waals surface area contributed by atoms with E-state index in [0.717, 1.165) is 38.6 Å². The van der Waals surface area contributed by atoms with Crippen molar-refractivity contribution in [1.29, 1.82) is 0 Å². The van der Waals surface area contributed by atoms with Gasteiger partial charge in [-0.05, 0) is 45.7 Å². The second kappa shape index (κ2) is 9.36. The Bertz CT molecular complexity index is 348. The molecule has 0 aromatic heterocycles. The number of hydrogen-bond acceptors (Lipinski definition) is 3. The number of hydrogen-bond donors (Lipinski definition) is 2. The molecule has 2 fully saturated rings. The van der Waals surface area contributed by atoms with Crippen LogP contribution < -0.4 is 5.32 Å². The Morgan fingerprint density at radius 2 is 2.09 bits per heavy atom. The monoisotopic (exact) mass is 310 g/mol. The molecule has 128 valence electrons. The molecule has 2 aliphatic rings. The number of unbranched alkanes of at least 4 members (excludes halogenated alkanes) is 1. The number of piperidine rings is 1. The molecule has 0 aliphatic carbocycles. The zero-order valence-corrected chi connectivity index (χ0v) is 14.4. The van der Waals surface area contributed by atoms with E-state index < -0.39 is 0 Å². The molecule has 0 spiro atoms. The zero-order chi connectivity index (χ0) is 15.8. The van der Waals surface area contributed by atoms with Crippen LogP contribution in [0.2, 0.25) is 0 Å². The fourth-order valence-corrected chi connectivity index (χ4v) is 3.47. The molecule has 0 bridgehead atoms. The maximum atomic E-state index is 9.74. The van der Waals surface area contributed by atoms with Crippen molar-refractivity contribution in [2.45, 2.75) is 64.5 Å². The molecule has 2 rings (SSSR count). The lowest BCUT2D eigenvalue weighted by Crippen LogP contribution is -2.44. The lowest BCUT2D eigenvalue weighted by Gasteiger charge is -2.35. The van der Waals surface area contributed by atoms with E-state index in [-0.39, 0.29) is 6.10 Å². The van der Waals surface area contributed by atoms with Crippen LogP contribution in [0.5, 0.6) is 0 Å². The van der Waals surface area contributed by atoms with Crippen molar-refractivity contribution in [2.24, 2.45) is 4.99 Å². The molecular weight excluding hydrogens is 276 g/mol. The third kappa shape index (κ3) is 5.13. The summed E-state index contributed by atoms with van der Waals surface area (Å²) in [4.78, 5) is 9.73. The zero-order valence-electron chi connectivity index (χ0n) is 14.4. The second-order valence-electron chi connectivity index (χ2n) is 6.62. The largest absolute Gasteiger partial charge is 0.391 e. The van der Waals surface area contributed by atoms with E-state index in [1.165, 1.54) is 45.2 Å². The Morgan fingerprint density at radius 3 is 2.77 bits per heavy atom. The summed E-state index contributed by atoms with van der Waals surface area (Å²) in [6.45, 7) is 10.2. The number of aliphatic hydroxyl groups excluding tert-OH is 1. The quantitative estimate of drug-likeness (QED) is 0.579. The Kier molecular flexibility index (Phi) is 7.46. The van der Waals surface area contributed by atoms with Gasteiger partial charge in [0.2, 0.25) is 0 Å². The van der Waals surface area contributed by atoms with Crippen LogP contribution in [0, 0.1) is 0 Å². The van der Waals surface area contributed by atoms with Crippen LogP contribution in [0.1, 0.15) is 52.4 Å². The van der Waals surface area contributed by atoms with Crippen LogP contribution in [0.15, 0.2) is 4.99 Å². The first-order chi connectivity index (χ1) is 10.7. The van der Waals surface area contributed by atoms with Crippen LogP contribution in [0.4, 0.5) is 0 Å². The lowest BCUT2D eigenvalue weighted by molar-refractivity contribution is 0.151. The highest BCUT2D eigenvalue weighted by Crippen LogP contribution is 2.18. The van der Waals surface area contributed by atoms with E-state index in [1.807, 2.05) is 0 Å². The highest BCUT2D eigenvalue weighted by molar-refractivity contribution is 5.80. The first-order valence-corrected chi connectivity index (χ1v) is 9.20. The summed E-state index contributed by atoms with van der Waals surface area (Å²) >= 11 is 0. The minimum atomic E-state index is -0.195. The molecule has 1 unspecified atom stereocenters. The smallest absolute Gasteiger partial charge is 0.194 e. The van der Waals surface area contributed by atoms with Crippen molar-refractivity contribution < 1.29 is 5.11 Å². The van der Waals surface area contributed by atoms with Gasteiger partial charge in [0.25, 0.3) is 0 Å². The number of guanidine groups is 1. The fourth-order valence-electron chi connectivity index (χ4n) is 3.47. The van der Waals surface area contributed by atoms with Crippen molar-refractivity contribution in [3.05, 3.63) is 0 Å². The molecule has 22 heavy (non-hydrogen) atoms. The Balaban J connectivity index is 1.92. The molecule has 0 radical (unpaired) electrons. The van der Waals surface area contributed by atoms with E-state index in [1.54, 1.807) is 0 Å². The number of rotatable bonds is 6. The van der Waals surface area contributed by atoms with Crippen LogP contribution in [0.3, 0.4) is 0 Å². The highest BCUT2D eigenvalue weighted by Gasteiger charge is 2.25. The number of nitrogens with one attached hydrogen (secondary N) is 1. The molecule has 0 aromatic rings. The van der Waals surface area contributed by atoms with Gasteiger partial charge < -0.3 is 15.3 Å². The third-order valence-corrected chi connectivity index (χ3v) is 4.80. The molecule has 5 nitrogen and oxygen atoms in total.